The molecule has 3 aromatic carbocycles. The molecule has 4 rings (SSSR count). The van der Waals surface area contributed by atoms with Crippen molar-refractivity contribution >= 4 is 0 Å². The Morgan fingerprint density at radius 3 is 1.57 bits per heavy atom. The van der Waals surface area contributed by atoms with E-state index in [0.717, 1.165) is 23.2 Å². The number of nitriles is 1. The lowest BCUT2D eigenvalue weighted by molar-refractivity contribution is -0.688. The summed E-state index contributed by atoms with van der Waals surface area (Å²) in [6.07, 6.45) is 4.82. The van der Waals surface area contributed by atoms with Gasteiger partial charge in [-0.2, -0.15) is 5.26 Å². The Hall–Kier alpha value is -3.22. The van der Waals surface area contributed by atoms with Crippen LogP contribution in [0.25, 0.3) is 0 Å². The largest absolute Gasteiger partial charge is 1.00 e. The van der Waals surface area contributed by atoms with E-state index < -0.39 is 5.41 Å². The smallest absolute Gasteiger partial charge is 0.173 e. The summed E-state index contributed by atoms with van der Waals surface area (Å²) in [6.45, 7) is 0.835. The Morgan fingerprint density at radius 1 is 0.633 bits per heavy atom. The predicted molar refractivity (Wildman–Crippen MR) is 115 cm³/mol. The lowest BCUT2D eigenvalue weighted by Gasteiger charge is -2.28. The Kier molecular flexibility index (Phi) is 7.17. The predicted octanol–water partition coefficient (Wildman–Crippen LogP) is 2.08. The molecule has 0 unspecified atom stereocenters. The molecular formula is C27H23BrN2. The Labute approximate surface area is 188 Å². The number of pyridine rings is 1. The van der Waals surface area contributed by atoms with Gasteiger partial charge in [0.1, 0.15) is 5.41 Å². The van der Waals surface area contributed by atoms with Crippen molar-refractivity contribution in [1.29, 1.82) is 5.26 Å². The molecule has 0 aliphatic heterocycles. The Balaban J connectivity index is 0.00000256. The molecule has 30 heavy (non-hydrogen) atoms. The highest BCUT2D eigenvalue weighted by Crippen LogP contribution is 2.35. The van der Waals surface area contributed by atoms with E-state index in [2.05, 4.69) is 83.7 Å². The second-order valence-corrected chi connectivity index (χ2v) is 7.29. The van der Waals surface area contributed by atoms with Crippen LogP contribution in [0, 0.1) is 11.3 Å². The van der Waals surface area contributed by atoms with Crippen molar-refractivity contribution in [3.8, 4) is 6.07 Å². The quantitative estimate of drug-likeness (QED) is 0.410. The highest BCUT2D eigenvalue weighted by Gasteiger charge is 2.34. The first-order valence-electron chi connectivity index (χ1n) is 9.84. The number of nitrogens with zero attached hydrogens (tertiary/aromatic N) is 2. The molecule has 2 nitrogen and oxygen atoms in total. The molecule has 0 saturated carbocycles. The summed E-state index contributed by atoms with van der Waals surface area (Å²) < 4.78 is 2.16. The summed E-state index contributed by atoms with van der Waals surface area (Å²) in [5.41, 5.74) is 3.74. The highest BCUT2D eigenvalue weighted by atomic mass is 79.9. The van der Waals surface area contributed by atoms with Crippen LogP contribution in [0.5, 0.6) is 0 Å². The molecular weight excluding hydrogens is 432 g/mol. The number of hydrogen-bond acceptors (Lipinski definition) is 1. The normalized spacial score (nSPS) is 10.6. The van der Waals surface area contributed by atoms with Gasteiger partial charge in [-0.15, -0.1) is 0 Å². The number of halogens is 1. The van der Waals surface area contributed by atoms with Crippen LogP contribution >= 0.6 is 0 Å². The minimum Gasteiger partial charge on any atom is -1.00 e. The maximum atomic E-state index is 10.3. The molecule has 0 bridgehead atoms. The molecule has 0 saturated heterocycles. The molecule has 3 heteroatoms. The Bertz CT molecular complexity index is 1050. The molecule has 0 atom stereocenters. The lowest BCUT2D eigenvalue weighted by Crippen LogP contribution is -3.00. The van der Waals surface area contributed by atoms with Gasteiger partial charge in [-0.25, -0.2) is 4.57 Å². The molecule has 0 aliphatic rings. The molecule has 1 aromatic heterocycles. The van der Waals surface area contributed by atoms with E-state index in [1.165, 1.54) is 5.56 Å². The lowest BCUT2D eigenvalue weighted by atomic mass is 9.72. The van der Waals surface area contributed by atoms with Crippen molar-refractivity contribution < 1.29 is 21.5 Å². The second-order valence-electron chi connectivity index (χ2n) is 7.29. The molecule has 4 aromatic rings. The molecule has 148 valence electrons. The monoisotopic (exact) mass is 454 g/mol. The van der Waals surface area contributed by atoms with Gasteiger partial charge in [0.2, 0.25) is 0 Å². The number of aromatic nitrogens is 1. The SMILES string of the molecule is N#CC(Cc1cc[n+](Cc2ccccc2)cc1)(c1ccccc1)c1ccccc1.[Br-]. The third-order valence-corrected chi connectivity index (χ3v) is 5.36. The van der Waals surface area contributed by atoms with Crippen LogP contribution in [0.15, 0.2) is 116 Å². The van der Waals surface area contributed by atoms with E-state index in [1.807, 2.05) is 42.5 Å². The van der Waals surface area contributed by atoms with Crippen molar-refractivity contribution in [3.05, 3.63) is 138 Å². The van der Waals surface area contributed by atoms with Crippen LogP contribution < -0.4 is 21.5 Å². The minimum atomic E-state index is -0.714. The average Bonchev–Trinajstić information content (AvgIpc) is 2.80. The molecule has 0 aliphatic carbocycles. The van der Waals surface area contributed by atoms with Crippen LogP contribution in [0.3, 0.4) is 0 Å². The first-order valence-corrected chi connectivity index (χ1v) is 9.84. The van der Waals surface area contributed by atoms with Crippen molar-refractivity contribution in [3.63, 3.8) is 0 Å². The van der Waals surface area contributed by atoms with E-state index in [1.54, 1.807) is 0 Å². The molecule has 0 fully saturated rings. The number of benzene rings is 3. The highest BCUT2D eigenvalue weighted by molar-refractivity contribution is 5.47. The van der Waals surface area contributed by atoms with Crippen LogP contribution in [0.2, 0.25) is 0 Å². The number of rotatable bonds is 6. The zero-order valence-electron chi connectivity index (χ0n) is 16.7. The van der Waals surface area contributed by atoms with E-state index in [0.29, 0.717) is 6.42 Å². The molecule has 0 spiro atoms. The van der Waals surface area contributed by atoms with E-state index in [9.17, 15) is 5.26 Å². The zero-order valence-corrected chi connectivity index (χ0v) is 18.2. The van der Waals surface area contributed by atoms with Gasteiger partial charge >= 0.3 is 0 Å². The van der Waals surface area contributed by atoms with Gasteiger partial charge in [0.25, 0.3) is 0 Å². The van der Waals surface area contributed by atoms with Crippen molar-refractivity contribution in [1.82, 2.24) is 0 Å². The van der Waals surface area contributed by atoms with Gasteiger partial charge in [-0.05, 0) is 23.1 Å². The first-order chi connectivity index (χ1) is 14.3. The summed E-state index contributed by atoms with van der Waals surface area (Å²) in [4.78, 5) is 0. The third-order valence-electron chi connectivity index (χ3n) is 5.36. The van der Waals surface area contributed by atoms with E-state index in [-0.39, 0.29) is 17.0 Å². The average molecular weight is 455 g/mol. The second kappa shape index (κ2) is 10.0. The fourth-order valence-corrected chi connectivity index (χ4v) is 3.80. The molecule has 0 radical (unpaired) electrons. The van der Waals surface area contributed by atoms with Gasteiger partial charge < -0.3 is 17.0 Å². The summed E-state index contributed by atoms with van der Waals surface area (Å²) >= 11 is 0. The minimum absolute atomic E-state index is 0. The van der Waals surface area contributed by atoms with Crippen LogP contribution in [0.4, 0.5) is 0 Å². The zero-order chi connectivity index (χ0) is 19.9. The third kappa shape index (κ3) is 4.67. The van der Waals surface area contributed by atoms with Gasteiger partial charge in [-0.1, -0.05) is 91.0 Å². The van der Waals surface area contributed by atoms with E-state index >= 15 is 0 Å². The fraction of sp³-hybridized carbons (Fsp3) is 0.111. The van der Waals surface area contributed by atoms with Crippen LogP contribution in [-0.2, 0) is 18.4 Å². The first kappa shape index (κ1) is 21.5. The van der Waals surface area contributed by atoms with Gasteiger partial charge in [0, 0.05) is 17.7 Å². The van der Waals surface area contributed by atoms with E-state index in [4.69, 9.17) is 0 Å². The molecule has 0 amide bonds. The summed E-state index contributed by atoms with van der Waals surface area (Å²) in [7, 11) is 0. The summed E-state index contributed by atoms with van der Waals surface area (Å²) in [5.74, 6) is 0. The van der Waals surface area contributed by atoms with Gasteiger partial charge in [0.15, 0.2) is 18.9 Å². The number of hydrogen-bond donors (Lipinski definition) is 0. The summed E-state index contributed by atoms with van der Waals surface area (Å²) in [5, 5.41) is 10.3. The standard InChI is InChI=1S/C27H23N2.BrH/c28-22-27(25-12-6-2-7-13-25,26-14-8-3-9-15-26)20-23-16-18-29(19-17-23)21-24-10-4-1-5-11-24;/h1-19H,20-21H2;1H/q+1;/p-1. The Morgan fingerprint density at radius 2 is 1.10 bits per heavy atom. The van der Waals surface area contributed by atoms with Crippen molar-refractivity contribution in [2.24, 2.45) is 0 Å². The van der Waals surface area contributed by atoms with Crippen molar-refractivity contribution in [2.45, 2.75) is 18.4 Å². The molecule has 1 heterocycles. The van der Waals surface area contributed by atoms with Crippen molar-refractivity contribution in [2.75, 3.05) is 0 Å². The van der Waals surface area contributed by atoms with Crippen LogP contribution in [-0.4, -0.2) is 0 Å². The topological polar surface area (TPSA) is 27.7 Å². The van der Waals surface area contributed by atoms with Gasteiger partial charge in [-0.3, -0.25) is 0 Å². The fourth-order valence-electron chi connectivity index (χ4n) is 3.80. The maximum absolute atomic E-state index is 10.3. The van der Waals surface area contributed by atoms with Gasteiger partial charge in [0.05, 0.1) is 6.07 Å². The summed E-state index contributed by atoms with van der Waals surface area (Å²) in [6, 6.07) is 37.5. The molecule has 0 N–H and O–H groups in total. The maximum Gasteiger partial charge on any atom is 0.173 e. The van der Waals surface area contributed by atoms with Crippen LogP contribution in [0.1, 0.15) is 22.3 Å².